The van der Waals surface area contributed by atoms with E-state index in [9.17, 15) is 23.1 Å². The lowest BCUT2D eigenvalue weighted by molar-refractivity contribution is -0.146. The second-order valence-electron chi connectivity index (χ2n) is 7.79. The van der Waals surface area contributed by atoms with E-state index < -0.39 is 23.8 Å². The number of hydrogen-bond acceptors (Lipinski definition) is 5. The summed E-state index contributed by atoms with van der Waals surface area (Å²) in [6.07, 6.45) is -5.99. The Labute approximate surface area is 200 Å². The van der Waals surface area contributed by atoms with Crippen molar-refractivity contribution in [2.45, 2.75) is 25.4 Å². The Balaban J connectivity index is 1.56. The summed E-state index contributed by atoms with van der Waals surface area (Å²) in [5, 5.41) is 20.8. The second kappa shape index (κ2) is 11.7. The molecule has 1 atom stereocenters. The molecule has 35 heavy (non-hydrogen) atoms. The molecule has 6 nitrogen and oxygen atoms in total. The average molecular weight is 486 g/mol. The maximum absolute atomic E-state index is 13.7. The van der Waals surface area contributed by atoms with Crippen LogP contribution in [0.2, 0.25) is 0 Å². The predicted octanol–water partition coefficient (Wildman–Crippen LogP) is 4.60. The van der Waals surface area contributed by atoms with Crippen LogP contribution in [0.15, 0.2) is 79.4 Å². The van der Waals surface area contributed by atoms with Crippen molar-refractivity contribution in [2.75, 3.05) is 6.54 Å². The van der Waals surface area contributed by atoms with Crippen LogP contribution < -0.4 is 10.8 Å². The summed E-state index contributed by atoms with van der Waals surface area (Å²) in [7, 11) is 0. The molecule has 3 aromatic carbocycles. The Bertz CT molecular complexity index is 1150. The van der Waals surface area contributed by atoms with Crippen LogP contribution in [0.5, 0.6) is 0 Å². The number of hydroxylamine groups is 1. The van der Waals surface area contributed by atoms with E-state index in [1.807, 2.05) is 0 Å². The normalized spacial score (nSPS) is 12.2. The fraction of sp³-hybridized carbons (Fsp3) is 0.192. The fourth-order valence-electron chi connectivity index (χ4n) is 3.31. The molecule has 1 unspecified atom stereocenters. The van der Waals surface area contributed by atoms with Crippen LogP contribution in [-0.4, -0.2) is 28.8 Å². The zero-order valence-corrected chi connectivity index (χ0v) is 18.7. The molecule has 0 aromatic heterocycles. The molecule has 0 amide bonds. The maximum atomic E-state index is 13.7. The van der Waals surface area contributed by atoms with E-state index in [0.29, 0.717) is 28.9 Å². The molecule has 0 bridgehead atoms. The van der Waals surface area contributed by atoms with Gasteiger partial charge in [-0.1, -0.05) is 73.3 Å². The van der Waals surface area contributed by atoms with Crippen LogP contribution in [0.1, 0.15) is 22.3 Å². The van der Waals surface area contributed by atoms with Gasteiger partial charge in [-0.05, 0) is 33.9 Å². The van der Waals surface area contributed by atoms with Crippen molar-refractivity contribution < 1.29 is 33.0 Å². The quantitative estimate of drug-likeness (QED) is 0.296. The number of aliphatic hydroxyl groups is 1. The number of aliphatic carboxylic acids is 1. The molecule has 0 heterocycles. The predicted molar refractivity (Wildman–Crippen MR) is 126 cm³/mol. The van der Waals surface area contributed by atoms with Gasteiger partial charge in [0.05, 0.1) is 17.9 Å². The van der Waals surface area contributed by atoms with Crippen molar-refractivity contribution in [1.82, 2.24) is 10.8 Å². The van der Waals surface area contributed by atoms with E-state index >= 15 is 0 Å². The van der Waals surface area contributed by atoms with Crippen molar-refractivity contribution in [2.24, 2.45) is 0 Å². The third-order valence-electron chi connectivity index (χ3n) is 5.16. The van der Waals surface area contributed by atoms with Gasteiger partial charge in [-0.3, -0.25) is 10.3 Å². The molecule has 184 valence electrons. The molecular formula is C26H25F3N2O4. The van der Waals surface area contributed by atoms with Gasteiger partial charge in [-0.2, -0.15) is 13.2 Å². The lowest BCUT2D eigenvalue weighted by Crippen LogP contribution is -2.32. The number of aliphatic hydroxyl groups excluding tert-OH is 1. The van der Waals surface area contributed by atoms with Crippen molar-refractivity contribution in [3.05, 3.63) is 102 Å². The number of alkyl halides is 3. The van der Waals surface area contributed by atoms with Crippen LogP contribution >= 0.6 is 0 Å². The highest BCUT2D eigenvalue weighted by Crippen LogP contribution is 2.37. The molecule has 0 fully saturated rings. The number of carboxylic acid groups (broad SMARTS) is 1. The minimum atomic E-state index is -4.51. The number of carbonyl (C=O) groups is 1. The zero-order chi connectivity index (χ0) is 25.4. The van der Waals surface area contributed by atoms with Crippen molar-refractivity contribution in [3.63, 3.8) is 0 Å². The zero-order valence-electron chi connectivity index (χ0n) is 18.7. The standard InChI is InChI=1S/C26H25F3N2O4/c1-17(20-10-7-18(8-11-20)14-30-15-24(32)25(33)34)31-35-16-19-9-12-22(21-5-3-2-4-6-21)23(13-19)26(27,28)29/h2-13,24,30-32H,1,14-16H2,(H,33,34). The van der Waals surface area contributed by atoms with Gasteiger partial charge in [0.2, 0.25) is 0 Å². The summed E-state index contributed by atoms with van der Waals surface area (Å²) in [6.45, 7) is 4.05. The summed E-state index contributed by atoms with van der Waals surface area (Å²) in [5.74, 6) is -1.29. The number of rotatable bonds is 11. The Kier molecular flexibility index (Phi) is 8.64. The molecule has 3 aromatic rings. The Morgan fingerprint density at radius 2 is 1.66 bits per heavy atom. The van der Waals surface area contributed by atoms with Crippen LogP contribution in [0.25, 0.3) is 16.8 Å². The SMILES string of the molecule is C=C(NOCc1ccc(-c2ccccc2)c(C(F)(F)F)c1)c1ccc(CNCC(O)C(=O)O)cc1. The highest BCUT2D eigenvalue weighted by atomic mass is 19.4. The topological polar surface area (TPSA) is 90.8 Å². The van der Waals surface area contributed by atoms with E-state index in [0.717, 1.165) is 11.6 Å². The van der Waals surface area contributed by atoms with Crippen LogP contribution in [0.3, 0.4) is 0 Å². The van der Waals surface area contributed by atoms with Crippen molar-refractivity contribution >= 4 is 11.7 Å². The molecule has 0 aliphatic rings. The maximum Gasteiger partial charge on any atom is 0.417 e. The third-order valence-corrected chi connectivity index (χ3v) is 5.16. The van der Waals surface area contributed by atoms with Gasteiger partial charge >= 0.3 is 12.1 Å². The van der Waals surface area contributed by atoms with Gasteiger partial charge in [-0.25, -0.2) is 4.79 Å². The first kappa shape index (κ1) is 26.0. The van der Waals surface area contributed by atoms with E-state index in [4.69, 9.17) is 9.94 Å². The van der Waals surface area contributed by atoms with Crippen molar-refractivity contribution in [3.8, 4) is 11.1 Å². The molecule has 0 saturated carbocycles. The summed E-state index contributed by atoms with van der Waals surface area (Å²) in [5.41, 5.74) is 4.84. The van der Waals surface area contributed by atoms with Crippen LogP contribution in [0.4, 0.5) is 13.2 Å². The summed E-state index contributed by atoms with van der Waals surface area (Å²) in [4.78, 5) is 16.0. The molecule has 0 spiro atoms. The molecule has 0 aliphatic carbocycles. The Morgan fingerprint density at radius 1 is 1.00 bits per heavy atom. The number of halogens is 3. The number of hydrogen-bond donors (Lipinski definition) is 4. The van der Waals surface area contributed by atoms with E-state index in [2.05, 4.69) is 17.4 Å². The summed E-state index contributed by atoms with van der Waals surface area (Å²) in [6, 6.07) is 19.6. The molecule has 0 saturated heterocycles. The van der Waals surface area contributed by atoms with Gasteiger partial charge in [0.15, 0.2) is 6.10 Å². The second-order valence-corrected chi connectivity index (χ2v) is 7.79. The third kappa shape index (κ3) is 7.41. The van der Waals surface area contributed by atoms with Gasteiger partial charge in [-0.15, -0.1) is 0 Å². The van der Waals surface area contributed by atoms with Crippen molar-refractivity contribution in [1.29, 1.82) is 0 Å². The van der Waals surface area contributed by atoms with Gasteiger partial charge in [0.1, 0.15) is 0 Å². The van der Waals surface area contributed by atoms with E-state index in [-0.39, 0.29) is 18.7 Å². The number of carboxylic acids is 1. The minimum absolute atomic E-state index is 0.0818. The highest BCUT2D eigenvalue weighted by molar-refractivity contribution is 5.72. The van der Waals surface area contributed by atoms with E-state index in [1.165, 1.54) is 6.07 Å². The molecule has 3 rings (SSSR count). The van der Waals surface area contributed by atoms with Crippen LogP contribution in [-0.2, 0) is 29.0 Å². The largest absolute Gasteiger partial charge is 0.479 e. The first-order valence-electron chi connectivity index (χ1n) is 10.7. The molecule has 9 heteroatoms. The lowest BCUT2D eigenvalue weighted by Gasteiger charge is -2.16. The molecule has 4 N–H and O–H groups in total. The lowest BCUT2D eigenvalue weighted by atomic mass is 9.97. The summed E-state index contributed by atoms with van der Waals surface area (Å²) >= 11 is 0. The first-order valence-corrected chi connectivity index (χ1v) is 10.7. The average Bonchev–Trinajstić information content (AvgIpc) is 2.84. The number of benzene rings is 3. The Hall–Kier alpha value is -3.66. The van der Waals surface area contributed by atoms with Gasteiger partial charge in [0.25, 0.3) is 0 Å². The fourth-order valence-corrected chi connectivity index (χ4v) is 3.31. The molecule has 0 aliphatic heterocycles. The smallest absolute Gasteiger partial charge is 0.417 e. The van der Waals surface area contributed by atoms with Gasteiger partial charge < -0.3 is 15.5 Å². The molecular weight excluding hydrogens is 461 g/mol. The highest BCUT2D eigenvalue weighted by Gasteiger charge is 2.34. The minimum Gasteiger partial charge on any atom is -0.479 e. The van der Waals surface area contributed by atoms with E-state index in [1.54, 1.807) is 60.7 Å². The first-order chi connectivity index (χ1) is 16.6. The summed E-state index contributed by atoms with van der Waals surface area (Å²) < 4.78 is 41.0. The number of nitrogens with one attached hydrogen (secondary N) is 2. The monoisotopic (exact) mass is 486 g/mol. The molecule has 0 radical (unpaired) electrons. The van der Waals surface area contributed by atoms with Gasteiger partial charge in [0, 0.05) is 13.1 Å². The van der Waals surface area contributed by atoms with Crippen LogP contribution in [0, 0.1) is 0 Å². The Morgan fingerprint density at radius 3 is 2.29 bits per heavy atom.